The molecule has 0 aliphatic heterocycles. The molecule has 0 bridgehead atoms. The molecule has 0 radical (unpaired) electrons. The van der Waals surface area contributed by atoms with Crippen molar-refractivity contribution in [2.45, 2.75) is 26.2 Å². The van der Waals surface area contributed by atoms with Crippen LogP contribution in [0.2, 0.25) is 0 Å². The Labute approximate surface area is 139 Å². The zero-order valence-corrected chi connectivity index (χ0v) is 13.7. The third kappa shape index (κ3) is 3.90. The first-order valence-corrected chi connectivity index (χ1v) is 8.47. The van der Waals surface area contributed by atoms with Crippen LogP contribution in [0.5, 0.6) is 0 Å². The number of amides is 3. The Morgan fingerprint density at radius 3 is 2.74 bits per heavy atom. The molecule has 0 fully saturated rings. The van der Waals surface area contributed by atoms with E-state index in [-0.39, 0.29) is 5.91 Å². The molecule has 0 spiro atoms. The fourth-order valence-corrected chi connectivity index (χ4v) is 3.91. The van der Waals surface area contributed by atoms with Crippen LogP contribution in [0, 0.1) is 5.92 Å². The number of nitrogens with one attached hydrogen (secondary N) is 3. The van der Waals surface area contributed by atoms with Crippen molar-refractivity contribution >= 4 is 29.0 Å². The normalized spacial score (nSPS) is 16.3. The summed E-state index contributed by atoms with van der Waals surface area (Å²) in [5.41, 5.74) is 6.76. The lowest BCUT2D eigenvalue weighted by Crippen LogP contribution is -2.43. The Morgan fingerprint density at radius 2 is 1.96 bits per heavy atom. The summed E-state index contributed by atoms with van der Waals surface area (Å²) in [4.78, 5) is 25.8. The summed E-state index contributed by atoms with van der Waals surface area (Å²) in [7, 11) is 0. The minimum Gasteiger partial charge on any atom is -0.307 e. The zero-order chi connectivity index (χ0) is 16.2. The topological polar surface area (TPSA) is 70.2 Å². The van der Waals surface area contributed by atoms with Gasteiger partial charge in [-0.1, -0.05) is 25.1 Å². The Kier molecular flexibility index (Phi) is 4.62. The zero-order valence-electron chi connectivity index (χ0n) is 12.9. The molecular formula is C17H19N3O2S. The Hall–Kier alpha value is -2.34. The van der Waals surface area contributed by atoms with Crippen LogP contribution in [0.25, 0.3) is 0 Å². The van der Waals surface area contributed by atoms with Crippen LogP contribution in [0.1, 0.15) is 33.5 Å². The van der Waals surface area contributed by atoms with Gasteiger partial charge in [0.15, 0.2) is 0 Å². The number of aryl methyl sites for hydroxylation is 1. The Balaban J connectivity index is 1.54. The van der Waals surface area contributed by atoms with E-state index < -0.39 is 6.03 Å². The summed E-state index contributed by atoms with van der Waals surface area (Å²) in [6.07, 6.45) is 3.24. The van der Waals surface area contributed by atoms with Gasteiger partial charge in [-0.2, -0.15) is 0 Å². The molecule has 3 N–H and O–H groups in total. The minimum absolute atomic E-state index is 0.278. The SMILES string of the molecule is C[C@H]1CCc2cc(C(=O)NNC(=O)Nc3ccccc3)sc2C1. The highest BCUT2D eigenvalue weighted by molar-refractivity contribution is 7.14. The maximum atomic E-state index is 12.2. The molecule has 0 saturated carbocycles. The lowest BCUT2D eigenvalue weighted by Gasteiger charge is -2.16. The Bertz CT molecular complexity index is 712. The summed E-state index contributed by atoms with van der Waals surface area (Å²) >= 11 is 1.52. The molecule has 0 saturated heterocycles. The number of carbonyl (C=O) groups excluding carboxylic acids is 2. The van der Waals surface area contributed by atoms with Gasteiger partial charge in [0.2, 0.25) is 0 Å². The van der Waals surface area contributed by atoms with E-state index in [1.54, 1.807) is 12.1 Å². The van der Waals surface area contributed by atoms with Gasteiger partial charge in [-0.15, -0.1) is 11.3 Å². The van der Waals surface area contributed by atoms with Crippen molar-refractivity contribution in [1.29, 1.82) is 0 Å². The quantitative estimate of drug-likeness (QED) is 0.740. The maximum Gasteiger partial charge on any atom is 0.337 e. The molecule has 1 atom stereocenters. The number of urea groups is 1. The van der Waals surface area contributed by atoms with E-state index in [2.05, 4.69) is 23.1 Å². The molecule has 6 heteroatoms. The molecule has 1 aliphatic carbocycles. The van der Waals surface area contributed by atoms with Crippen LogP contribution in [-0.4, -0.2) is 11.9 Å². The van der Waals surface area contributed by atoms with Crippen molar-refractivity contribution in [1.82, 2.24) is 10.9 Å². The van der Waals surface area contributed by atoms with E-state index in [4.69, 9.17) is 0 Å². The molecule has 5 nitrogen and oxygen atoms in total. The van der Waals surface area contributed by atoms with E-state index in [1.807, 2.05) is 24.3 Å². The molecule has 23 heavy (non-hydrogen) atoms. The molecule has 3 amide bonds. The molecule has 2 aromatic rings. The molecule has 1 aliphatic rings. The number of thiophene rings is 1. The maximum absolute atomic E-state index is 12.2. The summed E-state index contributed by atoms with van der Waals surface area (Å²) in [5, 5.41) is 2.64. The van der Waals surface area contributed by atoms with Crippen LogP contribution < -0.4 is 16.2 Å². The van der Waals surface area contributed by atoms with Crippen LogP contribution in [0.4, 0.5) is 10.5 Å². The van der Waals surface area contributed by atoms with Gasteiger partial charge in [-0.25, -0.2) is 10.2 Å². The molecular weight excluding hydrogens is 310 g/mol. The molecule has 3 rings (SSSR count). The van der Waals surface area contributed by atoms with Gasteiger partial charge in [0.25, 0.3) is 5.91 Å². The summed E-state index contributed by atoms with van der Waals surface area (Å²) in [5.74, 6) is 0.395. The number of carbonyl (C=O) groups is 2. The van der Waals surface area contributed by atoms with E-state index in [9.17, 15) is 9.59 Å². The second-order valence-corrected chi connectivity index (χ2v) is 6.94. The van der Waals surface area contributed by atoms with Crippen LogP contribution >= 0.6 is 11.3 Å². The summed E-state index contributed by atoms with van der Waals surface area (Å²) in [6.45, 7) is 2.23. The smallest absolute Gasteiger partial charge is 0.307 e. The predicted molar refractivity (Wildman–Crippen MR) is 91.6 cm³/mol. The number of hydrogen-bond donors (Lipinski definition) is 3. The first kappa shape index (κ1) is 15.6. The van der Waals surface area contributed by atoms with E-state index in [1.165, 1.54) is 28.2 Å². The van der Waals surface area contributed by atoms with E-state index >= 15 is 0 Å². The van der Waals surface area contributed by atoms with Gasteiger partial charge in [-0.05, 0) is 48.9 Å². The van der Waals surface area contributed by atoms with Gasteiger partial charge in [0, 0.05) is 10.6 Å². The van der Waals surface area contributed by atoms with Gasteiger partial charge in [0.05, 0.1) is 4.88 Å². The monoisotopic (exact) mass is 329 g/mol. The third-order valence-electron chi connectivity index (χ3n) is 3.88. The summed E-state index contributed by atoms with van der Waals surface area (Å²) < 4.78 is 0. The number of para-hydroxylation sites is 1. The van der Waals surface area contributed by atoms with Crippen molar-refractivity contribution in [3.8, 4) is 0 Å². The fraction of sp³-hybridized carbons (Fsp3) is 0.294. The summed E-state index contributed by atoms with van der Waals surface area (Å²) in [6, 6.07) is 10.5. The van der Waals surface area contributed by atoms with Crippen LogP contribution in [0.15, 0.2) is 36.4 Å². The fourth-order valence-electron chi connectivity index (χ4n) is 2.64. The van der Waals surface area contributed by atoms with Gasteiger partial charge >= 0.3 is 6.03 Å². The number of benzene rings is 1. The number of anilines is 1. The number of hydrogen-bond acceptors (Lipinski definition) is 3. The number of rotatable bonds is 2. The van der Waals surface area contributed by atoms with Crippen molar-refractivity contribution in [3.63, 3.8) is 0 Å². The van der Waals surface area contributed by atoms with Crippen LogP contribution in [-0.2, 0) is 12.8 Å². The van der Waals surface area contributed by atoms with E-state index in [0.29, 0.717) is 16.5 Å². The Morgan fingerprint density at radius 1 is 1.17 bits per heavy atom. The molecule has 1 aromatic heterocycles. The van der Waals surface area contributed by atoms with Gasteiger partial charge in [-0.3, -0.25) is 10.2 Å². The van der Waals surface area contributed by atoms with Gasteiger partial charge < -0.3 is 5.32 Å². The molecule has 1 heterocycles. The first-order chi connectivity index (χ1) is 11.1. The standard InChI is InChI=1S/C17H19N3O2S/c1-11-7-8-12-10-15(23-14(12)9-11)16(21)19-20-17(22)18-13-5-3-2-4-6-13/h2-6,10-11H,7-9H2,1H3,(H,19,21)(H2,18,20,22)/t11-/m0/s1. The lowest BCUT2D eigenvalue weighted by molar-refractivity contribution is 0.0942. The van der Waals surface area contributed by atoms with Gasteiger partial charge in [0.1, 0.15) is 0 Å². The highest BCUT2D eigenvalue weighted by atomic mass is 32.1. The average molecular weight is 329 g/mol. The van der Waals surface area contributed by atoms with Crippen LogP contribution in [0.3, 0.4) is 0 Å². The van der Waals surface area contributed by atoms with Crippen molar-refractivity contribution in [3.05, 3.63) is 51.7 Å². The van der Waals surface area contributed by atoms with Crippen molar-refractivity contribution in [2.24, 2.45) is 5.92 Å². The molecule has 0 unspecified atom stereocenters. The largest absolute Gasteiger partial charge is 0.337 e. The molecule has 1 aromatic carbocycles. The number of hydrazine groups is 1. The highest BCUT2D eigenvalue weighted by Crippen LogP contribution is 2.32. The minimum atomic E-state index is -0.473. The predicted octanol–water partition coefficient (Wildman–Crippen LogP) is 3.34. The first-order valence-electron chi connectivity index (χ1n) is 7.66. The number of fused-ring (bicyclic) bond motifs is 1. The third-order valence-corrected chi connectivity index (χ3v) is 5.08. The van der Waals surface area contributed by atoms with Crippen molar-refractivity contribution < 1.29 is 9.59 Å². The lowest BCUT2D eigenvalue weighted by atomic mass is 9.90. The molecule has 120 valence electrons. The van der Waals surface area contributed by atoms with Crippen molar-refractivity contribution in [2.75, 3.05) is 5.32 Å². The second kappa shape index (κ2) is 6.83. The second-order valence-electron chi connectivity index (χ2n) is 5.81. The highest BCUT2D eigenvalue weighted by Gasteiger charge is 2.20. The average Bonchev–Trinajstić information content (AvgIpc) is 2.96. The van der Waals surface area contributed by atoms with E-state index in [0.717, 1.165) is 12.8 Å².